The molecule has 1 heterocycles. The van der Waals surface area contributed by atoms with E-state index in [1.807, 2.05) is 13.1 Å². The second-order valence-corrected chi connectivity index (χ2v) is 7.87. The number of fused-ring (bicyclic) bond motifs is 1. The number of likely N-dealkylation sites (N-methyl/N-ethyl adjacent to an activating group) is 1. The molecule has 0 bridgehead atoms. The number of halogens is 1. The molecule has 152 valence electrons. The minimum absolute atomic E-state index is 0. The minimum Gasteiger partial charge on any atom is -0.494 e. The van der Waals surface area contributed by atoms with E-state index >= 15 is 0 Å². The van der Waals surface area contributed by atoms with Crippen molar-refractivity contribution in [3.63, 3.8) is 0 Å². The number of aromatic amines is 1. The van der Waals surface area contributed by atoms with Gasteiger partial charge in [0, 0.05) is 22.8 Å². The summed E-state index contributed by atoms with van der Waals surface area (Å²) in [6.45, 7) is 6.30. The number of nitrogens with one attached hydrogen (secondary N) is 3. The van der Waals surface area contributed by atoms with Crippen LogP contribution in [0.15, 0.2) is 53.6 Å². The highest BCUT2D eigenvalue weighted by Gasteiger charge is 2.16. The predicted octanol–water partition coefficient (Wildman–Crippen LogP) is 3.94. The van der Waals surface area contributed by atoms with Crippen molar-refractivity contribution in [3.05, 3.63) is 54.2 Å². The topological polar surface area (TPSA) is 83.2 Å². The van der Waals surface area contributed by atoms with Gasteiger partial charge in [-0.25, -0.2) is 8.42 Å². The first-order chi connectivity index (χ1) is 13.0. The molecule has 8 heteroatoms. The second-order valence-electron chi connectivity index (χ2n) is 6.19. The number of hydrogen-bond donors (Lipinski definition) is 3. The molecule has 0 atom stereocenters. The van der Waals surface area contributed by atoms with E-state index in [1.54, 1.807) is 42.5 Å². The van der Waals surface area contributed by atoms with Gasteiger partial charge in [-0.3, -0.25) is 4.72 Å². The van der Waals surface area contributed by atoms with E-state index in [9.17, 15) is 8.42 Å². The molecule has 0 aliphatic carbocycles. The molecule has 3 aromatic rings. The lowest BCUT2D eigenvalue weighted by molar-refractivity contribution is 0.340. The number of rotatable bonds is 9. The molecular formula is C20H26ClN3O3S. The summed E-state index contributed by atoms with van der Waals surface area (Å²) in [5.41, 5.74) is 2.53. The van der Waals surface area contributed by atoms with Crippen LogP contribution in [0.4, 0.5) is 5.69 Å². The molecule has 0 aliphatic rings. The van der Waals surface area contributed by atoms with Crippen molar-refractivity contribution in [3.8, 4) is 5.75 Å². The number of sulfonamides is 1. The Labute approximate surface area is 172 Å². The number of aromatic nitrogens is 1. The van der Waals surface area contributed by atoms with Gasteiger partial charge in [-0.05, 0) is 74.5 Å². The maximum absolute atomic E-state index is 12.8. The van der Waals surface area contributed by atoms with Crippen LogP contribution in [0.1, 0.15) is 19.4 Å². The van der Waals surface area contributed by atoms with Gasteiger partial charge in [0.25, 0.3) is 10.0 Å². The van der Waals surface area contributed by atoms with Crippen LogP contribution in [-0.2, 0) is 16.4 Å². The maximum atomic E-state index is 12.8. The van der Waals surface area contributed by atoms with E-state index in [0.29, 0.717) is 18.0 Å². The van der Waals surface area contributed by atoms with Gasteiger partial charge < -0.3 is 15.0 Å². The molecule has 28 heavy (non-hydrogen) atoms. The van der Waals surface area contributed by atoms with Crippen LogP contribution in [0.5, 0.6) is 5.75 Å². The molecule has 0 aliphatic heterocycles. The Kier molecular flexibility index (Phi) is 7.74. The van der Waals surface area contributed by atoms with E-state index in [4.69, 9.17) is 4.74 Å². The third-order valence-electron chi connectivity index (χ3n) is 4.29. The maximum Gasteiger partial charge on any atom is 0.261 e. The molecule has 6 nitrogen and oxygen atoms in total. The number of benzene rings is 2. The van der Waals surface area contributed by atoms with Gasteiger partial charge in [0.2, 0.25) is 0 Å². The van der Waals surface area contributed by atoms with Gasteiger partial charge in [-0.2, -0.15) is 0 Å². The molecule has 0 unspecified atom stereocenters. The first-order valence-corrected chi connectivity index (χ1v) is 10.6. The van der Waals surface area contributed by atoms with Crippen LogP contribution in [0.2, 0.25) is 0 Å². The summed E-state index contributed by atoms with van der Waals surface area (Å²) in [4.78, 5) is 3.45. The molecule has 1 aromatic heterocycles. The number of anilines is 1. The highest BCUT2D eigenvalue weighted by molar-refractivity contribution is 7.92. The standard InChI is InChI=1S/C20H25N3O3S.ClH/c1-3-21-12-11-15-14-22-20-10-9-18(13-19(15)20)27(24,25)23-16-5-7-17(8-6-16)26-4-2;/h5-10,13-14,21-23H,3-4,11-12H2,1-2H3;1H. The zero-order valence-corrected chi connectivity index (χ0v) is 17.6. The molecule has 0 radical (unpaired) electrons. The van der Waals surface area contributed by atoms with Crippen molar-refractivity contribution >= 4 is 39.0 Å². The Bertz CT molecular complexity index is 1000. The molecule has 3 N–H and O–H groups in total. The van der Waals surface area contributed by atoms with Gasteiger partial charge >= 0.3 is 0 Å². The van der Waals surface area contributed by atoms with Gasteiger partial charge in [0.15, 0.2) is 0 Å². The van der Waals surface area contributed by atoms with Crippen molar-refractivity contribution < 1.29 is 13.2 Å². The van der Waals surface area contributed by atoms with Crippen molar-refractivity contribution in [2.24, 2.45) is 0 Å². The summed E-state index contributed by atoms with van der Waals surface area (Å²) in [6, 6.07) is 12.0. The third-order valence-corrected chi connectivity index (χ3v) is 5.67. The highest BCUT2D eigenvalue weighted by atomic mass is 35.5. The van der Waals surface area contributed by atoms with E-state index in [1.165, 1.54) is 0 Å². The average molecular weight is 424 g/mol. The summed E-state index contributed by atoms with van der Waals surface area (Å²) in [5.74, 6) is 0.708. The molecule has 0 amide bonds. The number of H-pyrrole nitrogens is 1. The highest BCUT2D eigenvalue weighted by Crippen LogP contribution is 2.25. The Morgan fingerprint density at radius 3 is 2.50 bits per heavy atom. The van der Waals surface area contributed by atoms with Crippen molar-refractivity contribution in [1.29, 1.82) is 0 Å². The van der Waals surface area contributed by atoms with Gasteiger partial charge in [-0.15, -0.1) is 12.4 Å². The molecule has 0 saturated carbocycles. The quantitative estimate of drug-likeness (QED) is 0.455. The molecule has 2 aromatic carbocycles. The fraction of sp³-hybridized carbons (Fsp3) is 0.300. The summed E-state index contributed by atoms with van der Waals surface area (Å²) in [7, 11) is -3.67. The zero-order chi connectivity index (χ0) is 19.3. The second kappa shape index (κ2) is 9.82. The average Bonchev–Trinajstić information content (AvgIpc) is 3.06. The van der Waals surface area contributed by atoms with Crippen LogP contribution < -0.4 is 14.8 Å². The lowest BCUT2D eigenvalue weighted by Crippen LogP contribution is -2.16. The lowest BCUT2D eigenvalue weighted by Gasteiger charge is -2.10. The first-order valence-electron chi connectivity index (χ1n) is 9.10. The van der Waals surface area contributed by atoms with Crippen molar-refractivity contribution in [2.75, 3.05) is 24.4 Å². The van der Waals surface area contributed by atoms with E-state index in [0.717, 1.165) is 36.0 Å². The van der Waals surface area contributed by atoms with Gasteiger partial charge in [0.1, 0.15) is 5.75 Å². The van der Waals surface area contributed by atoms with Crippen molar-refractivity contribution in [2.45, 2.75) is 25.2 Å². The summed E-state index contributed by atoms with van der Waals surface area (Å²) < 4.78 is 33.6. The first kappa shape index (κ1) is 22.1. The van der Waals surface area contributed by atoms with Gasteiger partial charge in [0.05, 0.1) is 11.5 Å². The van der Waals surface area contributed by atoms with Crippen LogP contribution in [0, 0.1) is 0 Å². The van der Waals surface area contributed by atoms with Gasteiger partial charge in [-0.1, -0.05) is 6.92 Å². The molecule has 0 fully saturated rings. The summed E-state index contributed by atoms with van der Waals surface area (Å²) >= 11 is 0. The molecule has 0 saturated heterocycles. The Hall–Kier alpha value is -2.22. The smallest absolute Gasteiger partial charge is 0.261 e. The number of hydrogen-bond acceptors (Lipinski definition) is 4. The van der Waals surface area contributed by atoms with Crippen LogP contribution in [0.25, 0.3) is 10.9 Å². The van der Waals surface area contributed by atoms with E-state index in [-0.39, 0.29) is 17.3 Å². The largest absolute Gasteiger partial charge is 0.494 e. The predicted molar refractivity (Wildman–Crippen MR) is 116 cm³/mol. The zero-order valence-electron chi connectivity index (χ0n) is 16.0. The van der Waals surface area contributed by atoms with Crippen LogP contribution in [-0.4, -0.2) is 33.1 Å². The molecule has 3 rings (SSSR count). The Balaban J connectivity index is 0.00000280. The van der Waals surface area contributed by atoms with E-state index < -0.39 is 10.0 Å². The number of ether oxygens (including phenoxy) is 1. The summed E-state index contributed by atoms with van der Waals surface area (Å²) in [5, 5.41) is 4.22. The normalized spacial score (nSPS) is 11.2. The monoisotopic (exact) mass is 423 g/mol. The SMILES string of the molecule is CCNCCc1c[nH]c2ccc(S(=O)(=O)Nc3ccc(OCC)cc3)cc12.Cl. The minimum atomic E-state index is -3.67. The molecule has 0 spiro atoms. The van der Waals surface area contributed by atoms with Crippen molar-refractivity contribution in [1.82, 2.24) is 10.3 Å². The molecular weight excluding hydrogens is 398 g/mol. The summed E-state index contributed by atoms with van der Waals surface area (Å²) in [6.07, 6.45) is 2.78. The lowest BCUT2D eigenvalue weighted by atomic mass is 10.1. The fourth-order valence-corrected chi connectivity index (χ4v) is 4.02. The van der Waals surface area contributed by atoms with Crippen LogP contribution >= 0.6 is 12.4 Å². The van der Waals surface area contributed by atoms with Crippen LogP contribution in [0.3, 0.4) is 0 Å². The Morgan fingerprint density at radius 2 is 1.82 bits per heavy atom. The fourth-order valence-electron chi connectivity index (χ4n) is 2.93. The van der Waals surface area contributed by atoms with E-state index in [2.05, 4.69) is 21.9 Å². The third kappa shape index (κ3) is 5.19. The Morgan fingerprint density at radius 1 is 1.07 bits per heavy atom.